The molecule has 0 aliphatic heterocycles. The summed E-state index contributed by atoms with van der Waals surface area (Å²) in [4.78, 5) is 0. The maximum absolute atomic E-state index is 15.0. The summed E-state index contributed by atoms with van der Waals surface area (Å²) in [7, 11) is 0. The first kappa shape index (κ1) is 22.7. The Hall–Kier alpha value is -3.46. The largest absolute Gasteiger partial charge is 0.490 e. The molecule has 0 fully saturated rings. The summed E-state index contributed by atoms with van der Waals surface area (Å²) in [5.41, 5.74) is 3.07. The minimum absolute atomic E-state index is 0.0356. The van der Waals surface area contributed by atoms with Gasteiger partial charge in [0, 0.05) is 0 Å². The van der Waals surface area contributed by atoms with Crippen molar-refractivity contribution < 1.29 is 13.5 Å². The SMILES string of the molecule is C=CCOc1ccc(-c2c(F)cc(-c3ccc4cc(CCCCC)ccc4c3)cc2F)cc1. The molecule has 168 valence electrons. The zero-order valence-corrected chi connectivity index (χ0v) is 18.9. The van der Waals surface area contributed by atoms with Crippen LogP contribution in [0, 0.1) is 11.6 Å². The van der Waals surface area contributed by atoms with Crippen LogP contribution in [0.5, 0.6) is 5.75 Å². The molecule has 0 heterocycles. The van der Waals surface area contributed by atoms with Crippen LogP contribution < -0.4 is 4.74 Å². The fourth-order valence-corrected chi connectivity index (χ4v) is 4.10. The van der Waals surface area contributed by atoms with Crippen molar-refractivity contribution in [1.29, 1.82) is 0 Å². The van der Waals surface area contributed by atoms with Gasteiger partial charge in [-0.05, 0) is 76.2 Å². The van der Waals surface area contributed by atoms with Crippen LogP contribution in [-0.2, 0) is 6.42 Å². The van der Waals surface area contributed by atoms with Crippen LogP contribution in [0.1, 0.15) is 31.7 Å². The third-order valence-electron chi connectivity index (χ3n) is 5.86. The lowest BCUT2D eigenvalue weighted by atomic mass is 9.96. The monoisotopic (exact) mass is 442 g/mol. The van der Waals surface area contributed by atoms with Crippen LogP contribution in [0.25, 0.3) is 33.0 Å². The fourth-order valence-electron chi connectivity index (χ4n) is 4.10. The van der Waals surface area contributed by atoms with E-state index >= 15 is 8.78 Å². The van der Waals surface area contributed by atoms with Gasteiger partial charge in [-0.2, -0.15) is 0 Å². The van der Waals surface area contributed by atoms with E-state index in [9.17, 15) is 0 Å². The van der Waals surface area contributed by atoms with Crippen molar-refractivity contribution in [2.24, 2.45) is 0 Å². The molecule has 0 spiro atoms. The second kappa shape index (κ2) is 10.4. The Morgan fingerprint density at radius 1 is 0.758 bits per heavy atom. The molecule has 3 heteroatoms. The molecule has 4 aromatic rings. The molecular formula is C30H28F2O. The van der Waals surface area contributed by atoms with E-state index in [0.717, 1.165) is 22.8 Å². The van der Waals surface area contributed by atoms with Gasteiger partial charge in [0.15, 0.2) is 0 Å². The number of rotatable bonds is 9. The zero-order valence-electron chi connectivity index (χ0n) is 18.9. The van der Waals surface area contributed by atoms with Crippen LogP contribution in [0.3, 0.4) is 0 Å². The standard InChI is InChI=1S/C30H28F2O/c1-3-5-6-7-21-8-9-24-18-25(11-10-23(24)17-21)26-19-28(31)30(29(32)20-26)22-12-14-27(15-13-22)33-16-4-2/h4,8-15,17-20H,2-3,5-7,16H2,1H3. The summed E-state index contributed by atoms with van der Waals surface area (Å²) in [6.07, 6.45) is 6.35. The van der Waals surface area contributed by atoms with Gasteiger partial charge in [0.25, 0.3) is 0 Å². The van der Waals surface area contributed by atoms with Crippen LogP contribution in [0.4, 0.5) is 8.78 Å². The van der Waals surface area contributed by atoms with E-state index < -0.39 is 11.6 Å². The van der Waals surface area contributed by atoms with Crippen molar-refractivity contribution in [1.82, 2.24) is 0 Å². The Labute approximate surface area is 194 Å². The Kier molecular flexibility index (Phi) is 7.19. The lowest BCUT2D eigenvalue weighted by Gasteiger charge is -2.11. The van der Waals surface area contributed by atoms with Crippen molar-refractivity contribution in [3.63, 3.8) is 0 Å². The molecule has 0 amide bonds. The third kappa shape index (κ3) is 5.31. The Morgan fingerprint density at radius 3 is 2.12 bits per heavy atom. The van der Waals surface area contributed by atoms with Gasteiger partial charge < -0.3 is 4.74 Å². The van der Waals surface area contributed by atoms with Crippen molar-refractivity contribution in [2.45, 2.75) is 32.6 Å². The molecule has 0 atom stereocenters. The topological polar surface area (TPSA) is 9.23 Å². The molecule has 0 aromatic heterocycles. The lowest BCUT2D eigenvalue weighted by Crippen LogP contribution is -1.94. The molecular weight excluding hydrogens is 414 g/mol. The van der Waals surface area contributed by atoms with Gasteiger partial charge in [0.05, 0.1) is 5.56 Å². The lowest BCUT2D eigenvalue weighted by molar-refractivity contribution is 0.363. The number of fused-ring (bicyclic) bond motifs is 1. The van der Waals surface area contributed by atoms with Crippen molar-refractivity contribution >= 4 is 10.8 Å². The number of hydrogen-bond acceptors (Lipinski definition) is 1. The molecule has 0 N–H and O–H groups in total. The highest BCUT2D eigenvalue weighted by Gasteiger charge is 2.15. The first-order chi connectivity index (χ1) is 16.1. The summed E-state index contributed by atoms with van der Waals surface area (Å²) < 4.78 is 35.5. The molecule has 0 aliphatic rings. The number of benzene rings is 4. The molecule has 1 nitrogen and oxygen atoms in total. The fraction of sp³-hybridized carbons (Fsp3) is 0.200. The van der Waals surface area contributed by atoms with E-state index in [2.05, 4.69) is 31.7 Å². The molecule has 4 rings (SSSR count). The molecule has 4 aromatic carbocycles. The molecule has 0 saturated carbocycles. The molecule has 0 aliphatic carbocycles. The summed E-state index contributed by atoms with van der Waals surface area (Å²) >= 11 is 0. The third-order valence-corrected chi connectivity index (χ3v) is 5.86. The second-order valence-electron chi connectivity index (χ2n) is 8.29. The van der Waals surface area contributed by atoms with E-state index in [1.165, 1.54) is 37.0 Å². The van der Waals surface area contributed by atoms with E-state index in [-0.39, 0.29) is 5.56 Å². The van der Waals surface area contributed by atoms with Crippen LogP contribution >= 0.6 is 0 Å². The highest BCUT2D eigenvalue weighted by Crippen LogP contribution is 2.33. The number of halogens is 2. The molecule has 0 radical (unpaired) electrons. The minimum Gasteiger partial charge on any atom is -0.490 e. The van der Waals surface area contributed by atoms with Crippen molar-refractivity contribution in [2.75, 3.05) is 6.61 Å². The summed E-state index contributed by atoms with van der Waals surface area (Å²) in [6, 6.07) is 21.9. The van der Waals surface area contributed by atoms with Gasteiger partial charge in [0.1, 0.15) is 24.0 Å². The highest BCUT2D eigenvalue weighted by atomic mass is 19.1. The Balaban J connectivity index is 1.60. The molecule has 0 bridgehead atoms. The number of unbranched alkanes of at least 4 members (excludes halogenated alkanes) is 2. The van der Waals surface area contributed by atoms with Crippen LogP contribution in [-0.4, -0.2) is 6.61 Å². The van der Waals surface area contributed by atoms with E-state index in [1.807, 2.05) is 18.2 Å². The Morgan fingerprint density at radius 2 is 1.42 bits per heavy atom. The predicted molar refractivity (Wildman–Crippen MR) is 134 cm³/mol. The van der Waals surface area contributed by atoms with Gasteiger partial charge in [-0.25, -0.2) is 8.78 Å². The smallest absolute Gasteiger partial charge is 0.134 e. The molecule has 0 unspecified atom stereocenters. The zero-order chi connectivity index (χ0) is 23.2. The highest BCUT2D eigenvalue weighted by molar-refractivity contribution is 5.88. The quantitative estimate of drug-likeness (QED) is 0.186. The first-order valence-electron chi connectivity index (χ1n) is 11.5. The second-order valence-corrected chi connectivity index (χ2v) is 8.29. The van der Waals surface area contributed by atoms with Crippen molar-refractivity contribution in [3.05, 3.63) is 103 Å². The summed E-state index contributed by atoms with van der Waals surface area (Å²) in [5.74, 6) is -0.548. The van der Waals surface area contributed by atoms with E-state index in [0.29, 0.717) is 23.5 Å². The van der Waals surface area contributed by atoms with E-state index in [1.54, 1.807) is 30.3 Å². The maximum atomic E-state index is 15.0. The average Bonchev–Trinajstić information content (AvgIpc) is 2.83. The van der Waals surface area contributed by atoms with Crippen LogP contribution in [0.15, 0.2) is 85.5 Å². The van der Waals surface area contributed by atoms with Crippen molar-refractivity contribution in [3.8, 4) is 28.0 Å². The van der Waals surface area contributed by atoms with Gasteiger partial charge in [-0.15, -0.1) is 0 Å². The van der Waals surface area contributed by atoms with E-state index in [4.69, 9.17) is 4.74 Å². The minimum atomic E-state index is -0.587. The number of ether oxygens (including phenoxy) is 1. The number of aryl methyl sites for hydroxylation is 1. The number of hydrogen-bond donors (Lipinski definition) is 0. The molecule has 0 saturated heterocycles. The maximum Gasteiger partial charge on any atom is 0.134 e. The van der Waals surface area contributed by atoms with Gasteiger partial charge in [0.2, 0.25) is 0 Å². The predicted octanol–water partition coefficient (Wildman–Crippen LogP) is 8.75. The van der Waals surface area contributed by atoms with Gasteiger partial charge >= 0.3 is 0 Å². The normalized spacial score (nSPS) is 11.0. The first-order valence-corrected chi connectivity index (χ1v) is 11.5. The van der Waals surface area contributed by atoms with Gasteiger partial charge in [-0.1, -0.05) is 74.9 Å². The Bertz CT molecular complexity index is 1240. The average molecular weight is 443 g/mol. The molecule has 33 heavy (non-hydrogen) atoms. The van der Waals surface area contributed by atoms with Gasteiger partial charge in [-0.3, -0.25) is 0 Å². The summed E-state index contributed by atoms with van der Waals surface area (Å²) in [5, 5.41) is 2.20. The summed E-state index contributed by atoms with van der Waals surface area (Å²) in [6.45, 7) is 6.19. The van der Waals surface area contributed by atoms with Crippen LogP contribution in [0.2, 0.25) is 0 Å².